The number of benzene rings is 2. The van der Waals surface area contributed by atoms with E-state index in [0.717, 1.165) is 48.8 Å². The average Bonchev–Trinajstić information content (AvgIpc) is 3.10. The van der Waals surface area contributed by atoms with E-state index >= 15 is 0 Å². The fourth-order valence-electron chi connectivity index (χ4n) is 3.88. The monoisotopic (exact) mass is 398 g/mol. The summed E-state index contributed by atoms with van der Waals surface area (Å²) < 4.78 is 0. The Morgan fingerprint density at radius 2 is 1.96 bits per heavy atom. The van der Waals surface area contributed by atoms with Gasteiger partial charge in [-0.2, -0.15) is 5.10 Å². The maximum absolute atomic E-state index is 12.7. The predicted octanol–water partition coefficient (Wildman–Crippen LogP) is 4.49. The number of nitrogens with one attached hydrogen (secondary N) is 2. The van der Waals surface area contributed by atoms with Crippen molar-refractivity contribution < 1.29 is 4.79 Å². The molecule has 2 aromatic carbocycles. The summed E-state index contributed by atoms with van der Waals surface area (Å²) in [7, 11) is 2.10. The minimum atomic E-state index is 0. The van der Waals surface area contributed by atoms with E-state index in [1.54, 1.807) is 0 Å². The van der Waals surface area contributed by atoms with E-state index in [-0.39, 0.29) is 24.2 Å². The van der Waals surface area contributed by atoms with Gasteiger partial charge in [0.1, 0.15) is 0 Å². The average molecular weight is 399 g/mol. The molecule has 0 atom stereocenters. The number of carbonyl (C=O) groups excluding carboxylic acids is 1. The molecule has 1 fully saturated rings. The number of amides is 1. The number of anilines is 1. The lowest BCUT2D eigenvalue weighted by Gasteiger charge is -2.27. The van der Waals surface area contributed by atoms with Gasteiger partial charge in [0.2, 0.25) is 5.91 Å². The molecule has 0 unspecified atom stereocenters. The molecule has 0 radical (unpaired) electrons. The van der Waals surface area contributed by atoms with Gasteiger partial charge in [0.15, 0.2) is 5.82 Å². The maximum Gasteiger partial charge on any atom is 0.228 e. The van der Waals surface area contributed by atoms with E-state index in [2.05, 4.69) is 70.8 Å². The summed E-state index contributed by atoms with van der Waals surface area (Å²) >= 11 is 0. The first kappa shape index (κ1) is 20.4. The normalized spacial score (nSPS) is 15.4. The van der Waals surface area contributed by atoms with Crippen LogP contribution < -0.4 is 5.32 Å². The number of aryl methyl sites for hydroxylation is 1. The SMILES string of the molecule is CCc1ccccc1-c1ccc2[nH]nc(NC(=O)C3CCN(C)CC3)c2c1.Cl. The smallest absolute Gasteiger partial charge is 0.228 e. The molecular formula is C22H27ClN4O. The number of H-pyrrole nitrogens is 1. The highest BCUT2D eigenvalue weighted by Gasteiger charge is 2.24. The first-order valence-electron chi connectivity index (χ1n) is 9.71. The van der Waals surface area contributed by atoms with Crippen LogP contribution >= 0.6 is 12.4 Å². The van der Waals surface area contributed by atoms with Crippen molar-refractivity contribution >= 4 is 35.0 Å². The van der Waals surface area contributed by atoms with Gasteiger partial charge in [-0.25, -0.2) is 0 Å². The highest BCUT2D eigenvalue weighted by Crippen LogP contribution is 2.30. The summed E-state index contributed by atoms with van der Waals surface area (Å²) in [5.41, 5.74) is 4.63. The van der Waals surface area contributed by atoms with E-state index in [1.165, 1.54) is 11.1 Å². The van der Waals surface area contributed by atoms with Gasteiger partial charge in [0.05, 0.1) is 5.52 Å². The second kappa shape index (κ2) is 8.76. The third-order valence-electron chi connectivity index (χ3n) is 5.60. The van der Waals surface area contributed by atoms with Gasteiger partial charge in [0.25, 0.3) is 0 Å². The highest BCUT2D eigenvalue weighted by molar-refractivity contribution is 6.01. The molecule has 6 heteroatoms. The molecule has 2 N–H and O–H groups in total. The largest absolute Gasteiger partial charge is 0.308 e. The summed E-state index contributed by atoms with van der Waals surface area (Å²) in [6.07, 6.45) is 2.79. The van der Waals surface area contributed by atoms with E-state index in [1.807, 2.05) is 6.07 Å². The predicted molar refractivity (Wildman–Crippen MR) is 117 cm³/mol. The minimum absolute atomic E-state index is 0. The van der Waals surface area contributed by atoms with Crippen molar-refractivity contribution in [2.24, 2.45) is 5.92 Å². The lowest BCUT2D eigenvalue weighted by molar-refractivity contribution is -0.121. The third kappa shape index (κ3) is 4.05. The Bertz CT molecular complexity index is 960. The van der Waals surface area contributed by atoms with Crippen molar-refractivity contribution in [2.45, 2.75) is 26.2 Å². The zero-order chi connectivity index (χ0) is 18.8. The summed E-state index contributed by atoms with van der Waals surface area (Å²) in [6.45, 7) is 4.11. The van der Waals surface area contributed by atoms with Gasteiger partial charge in [-0.05, 0) is 68.2 Å². The van der Waals surface area contributed by atoms with Crippen molar-refractivity contribution in [2.75, 3.05) is 25.5 Å². The van der Waals surface area contributed by atoms with Gasteiger partial charge in [-0.1, -0.05) is 37.3 Å². The highest BCUT2D eigenvalue weighted by atomic mass is 35.5. The van der Waals surface area contributed by atoms with Crippen molar-refractivity contribution in [3.63, 3.8) is 0 Å². The molecule has 4 rings (SSSR count). The number of rotatable bonds is 4. The molecule has 1 saturated heterocycles. The number of carbonyl (C=O) groups is 1. The lowest BCUT2D eigenvalue weighted by atomic mass is 9.96. The van der Waals surface area contributed by atoms with Crippen LogP contribution in [0, 0.1) is 5.92 Å². The van der Waals surface area contributed by atoms with E-state index in [0.29, 0.717) is 5.82 Å². The zero-order valence-corrected chi connectivity index (χ0v) is 17.2. The van der Waals surface area contributed by atoms with Gasteiger partial charge in [-0.15, -0.1) is 12.4 Å². The van der Waals surface area contributed by atoms with Crippen molar-refractivity contribution in [1.82, 2.24) is 15.1 Å². The first-order chi connectivity index (χ1) is 13.2. The molecule has 0 saturated carbocycles. The minimum Gasteiger partial charge on any atom is -0.308 e. The number of nitrogens with zero attached hydrogens (tertiary/aromatic N) is 2. The Hall–Kier alpha value is -2.37. The number of aromatic amines is 1. The number of halogens is 1. The van der Waals surface area contributed by atoms with Crippen molar-refractivity contribution in [3.05, 3.63) is 48.0 Å². The van der Waals surface area contributed by atoms with Crippen LogP contribution in [0.4, 0.5) is 5.82 Å². The molecule has 5 nitrogen and oxygen atoms in total. The van der Waals surface area contributed by atoms with Gasteiger partial charge in [0, 0.05) is 11.3 Å². The molecular weight excluding hydrogens is 372 g/mol. The summed E-state index contributed by atoms with van der Waals surface area (Å²) in [6, 6.07) is 14.7. The molecule has 28 heavy (non-hydrogen) atoms. The van der Waals surface area contributed by atoms with Gasteiger partial charge >= 0.3 is 0 Å². The number of hydrogen-bond donors (Lipinski definition) is 2. The standard InChI is InChI=1S/C22H26N4O.ClH/c1-3-15-6-4-5-7-18(15)17-8-9-20-19(14-17)21(25-24-20)23-22(27)16-10-12-26(2)13-11-16;/h4-9,14,16H,3,10-13H2,1-2H3,(H2,23,24,25,27);1H. The Kier molecular flexibility index (Phi) is 6.37. The van der Waals surface area contributed by atoms with E-state index < -0.39 is 0 Å². The quantitative estimate of drug-likeness (QED) is 0.680. The Morgan fingerprint density at radius 1 is 1.21 bits per heavy atom. The van der Waals surface area contributed by atoms with Crippen LogP contribution in [-0.2, 0) is 11.2 Å². The van der Waals surface area contributed by atoms with Crippen LogP contribution in [0.5, 0.6) is 0 Å². The van der Waals surface area contributed by atoms with Crippen LogP contribution in [0.2, 0.25) is 0 Å². The van der Waals surface area contributed by atoms with Crippen LogP contribution in [0.1, 0.15) is 25.3 Å². The lowest BCUT2D eigenvalue weighted by Crippen LogP contribution is -2.36. The molecule has 1 aliphatic rings. The number of hydrogen-bond acceptors (Lipinski definition) is 3. The van der Waals surface area contributed by atoms with E-state index in [4.69, 9.17) is 0 Å². The molecule has 0 bridgehead atoms. The fourth-order valence-corrected chi connectivity index (χ4v) is 3.88. The van der Waals surface area contributed by atoms with E-state index in [9.17, 15) is 4.79 Å². The maximum atomic E-state index is 12.7. The first-order valence-corrected chi connectivity index (χ1v) is 9.71. The van der Waals surface area contributed by atoms with Crippen molar-refractivity contribution in [1.29, 1.82) is 0 Å². The Morgan fingerprint density at radius 3 is 2.71 bits per heavy atom. The second-order valence-corrected chi connectivity index (χ2v) is 7.41. The zero-order valence-electron chi connectivity index (χ0n) is 16.4. The second-order valence-electron chi connectivity index (χ2n) is 7.41. The Labute approximate surface area is 171 Å². The van der Waals surface area contributed by atoms with Crippen LogP contribution in [0.25, 0.3) is 22.0 Å². The molecule has 1 amide bonds. The number of aromatic nitrogens is 2. The summed E-state index contributed by atoms with van der Waals surface area (Å²) in [5, 5.41) is 11.4. The molecule has 2 heterocycles. The van der Waals surface area contributed by atoms with Gasteiger partial charge in [-0.3, -0.25) is 9.89 Å². The molecule has 0 aliphatic carbocycles. The summed E-state index contributed by atoms with van der Waals surface area (Å²) in [5.74, 6) is 0.776. The Balaban J connectivity index is 0.00000225. The molecule has 148 valence electrons. The summed E-state index contributed by atoms with van der Waals surface area (Å²) in [4.78, 5) is 15.0. The number of fused-ring (bicyclic) bond motifs is 1. The third-order valence-corrected chi connectivity index (χ3v) is 5.60. The van der Waals surface area contributed by atoms with Crippen LogP contribution in [0.3, 0.4) is 0 Å². The van der Waals surface area contributed by atoms with Crippen LogP contribution in [-0.4, -0.2) is 41.1 Å². The van der Waals surface area contributed by atoms with Crippen molar-refractivity contribution in [3.8, 4) is 11.1 Å². The molecule has 1 aromatic heterocycles. The molecule has 0 spiro atoms. The number of piperidine rings is 1. The molecule has 1 aliphatic heterocycles. The van der Waals surface area contributed by atoms with Crippen LogP contribution in [0.15, 0.2) is 42.5 Å². The van der Waals surface area contributed by atoms with Gasteiger partial charge < -0.3 is 10.2 Å². The fraction of sp³-hybridized carbons (Fsp3) is 0.364. The topological polar surface area (TPSA) is 61.0 Å². The molecule has 3 aromatic rings. The number of likely N-dealkylation sites (tertiary alicyclic amines) is 1.